The molecular formula is C9H11N3O3. The molecule has 0 spiro atoms. The summed E-state index contributed by atoms with van der Waals surface area (Å²) in [6.45, 7) is 1.62. The number of hydrazone groups is 1. The van der Waals surface area contributed by atoms with Gasteiger partial charge in [-0.25, -0.2) is 15.7 Å². The molecule has 0 saturated heterocycles. The molecule has 0 atom stereocenters. The van der Waals surface area contributed by atoms with Crippen LogP contribution in [-0.2, 0) is 0 Å². The molecule has 0 radical (unpaired) electrons. The summed E-state index contributed by atoms with van der Waals surface area (Å²) in [6.07, 6.45) is 0. The summed E-state index contributed by atoms with van der Waals surface area (Å²) in [5.74, 6) is 0.0740. The fraction of sp³-hybridized carbons (Fsp3) is 0.111. The number of hydrogen-bond donors (Lipinski definition) is 4. The van der Waals surface area contributed by atoms with Crippen molar-refractivity contribution in [3.63, 3.8) is 0 Å². The van der Waals surface area contributed by atoms with Crippen LogP contribution in [0.3, 0.4) is 0 Å². The Bertz CT molecular complexity index is 390. The minimum absolute atomic E-state index is 0.0740. The highest BCUT2D eigenvalue weighted by Gasteiger charge is 2.03. The van der Waals surface area contributed by atoms with E-state index in [2.05, 4.69) is 5.10 Å². The van der Waals surface area contributed by atoms with Gasteiger partial charge in [-0.3, -0.25) is 5.21 Å². The topological polar surface area (TPSA) is 94.0 Å². The fourth-order valence-corrected chi connectivity index (χ4v) is 0.999. The van der Waals surface area contributed by atoms with Crippen LogP contribution in [0, 0.1) is 0 Å². The van der Waals surface area contributed by atoms with Gasteiger partial charge in [-0.1, -0.05) is 12.1 Å². The van der Waals surface area contributed by atoms with E-state index in [1.165, 1.54) is 11.5 Å². The number of amides is 2. The number of phenols is 1. The summed E-state index contributed by atoms with van der Waals surface area (Å²) in [5.41, 5.74) is 4.34. The summed E-state index contributed by atoms with van der Waals surface area (Å²) in [7, 11) is 0. The van der Waals surface area contributed by atoms with Gasteiger partial charge in [-0.2, -0.15) is 5.10 Å². The van der Waals surface area contributed by atoms with Crippen molar-refractivity contribution in [1.29, 1.82) is 0 Å². The molecule has 1 aromatic carbocycles. The molecule has 6 heteroatoms. The summed E-state index contributed by atoms with van der Waals surface area (Å²) < 4.78 is 0. The average Bonchev–Trinajstić information content (AvgIpc) is 2.26. The van der Waals surface area contributed by atoms with E-state index >= 15 is 0 Å². The van der Waals surface area contributed by atoms with Crippen LogP contribution in [-0.4, -0.2) is 22.1 Å². The highest BCUT2D eigenvalue weighted by atomic mass is 16.5. The first kappa shape index (κ1) is 11.0. The van der Waals surface area contributed by atoms with Gasteiger partial charge in [0.2, 0.25) is 0 Å². The number of rotatable bonds is 2. The van der Waals surface area contributed by atoms with Gasteiger partial charge in [0.05, 0.1) is 5.71 Å². The number of urea groups is 1. The minimum atomic E-state index is -0.843. The zero-order valence-electron chi connectivity index (χ0n) is 8.06. The molecule has 0 saturated carbocycles. The standard InChI is InChI=1S/C9H11N3O3/c1-6(10-11-9(14)12-15)7-4-2-3-5-8(7)13/h2-5,13,15H,1H3,(H2,11,12,14)/b10-6+. The van der Waals surface area contributed by atoms with E-state index in [0.717, 1.165) is 0 Å². The molecule has 0 aromatic heterocycles. The Morgan fingerprint density at radius 2 is 2.07 bits per heavy atom. The summed E-state index contributed by atoms with van der Waals surface area (Å²) in [5, 5.41) is 21.3. The normalized spacial score (nSPS) is 10.9. The van der Waals surface area contributed by atoms with Gasteiger partial charge in [0.1, 0.15) is 5.75 Å². The second kappa shape index (κ2) is 4.97. The maximum absolute atomic E-state index is 10.6. The SMILES string of the molecule is C/C(=N\NC(=O)NO)c1ccccc1O. The summed E-state index contributed by atoms with van der Waals surface area (Å²) >= 11 is 0. The number of carbonyl (C=O) groups excluding carboxylic acids is 1. The zero-order chi connectivity index (χ0) is 11.3. The lowest BCUT2D eigenvalue weighted by atomic mass is 10.1. The Kier molecular flexibility index (Phi) is 3.64. The van der Waals surface area contributed by atoms with E-state index in [1.54, 1.807) is 25.1 Å². The van der Waals surface area contributed by atoms with Crippen LogP contribution in [0.4, 0.5) is 4.79 Å². The predicted molar refractivity (Wildman–Crippen MR) is 53.8 cm³/mol. The minimum Gasteiger partial charge on any atom is -0.507 e. The van der Waals surface area contributed by atoms with Crippen LogP contribution in [0.15, 0.2) is 29.4 Å². The van der Waals surface area contributed by atoms with Crippen LogP contribution in [0.25, 0.3) is 0 Å². The third kappa shape index (κ3) is 2.96. The van der Waals surface area contributed by atoms with Gasteiger partial charge < -0.3 is 5.11 Å². The Hall–Kier alpha value is -2.08. The molecule has 0 bridgehead atoms. The average molecular weight is 209 g/mol. The molecule has 1 rings (SSSR count). The smallest absolute Gasteiger partial charge is 0.358 e. The zero-order valence-corrected chi connectivity index (χ0v) is 8.06. The molecule has 6 nitrogen and oxygen atoms in total. The lowest BCUT2D eigenvalue weighted by Crippen LogP contribution is -2.30. The van der Waals surface area contributed by atoms with Crippen LogP contribution >= 0.6 is 0 Å². The van der Waals surface area contributed by atoms with Gasteiger partial charge in [-0.15, -0.1) is 0 Å². The summed E-state index contributed by atoms with van der Waals surface area (Å²) in [6, 6.07) is 5.75. The van der Waals surface area contributed by atoms with Gasteiger partial charge in [-0.05, 0) is 19.1 Å². The van der Waals surface area contributed by atoms with Crippen LogP contribution in [0.5, 0.6) is 5.75 Å². The van der Waals surface area contributed by atoms with Crippen LogP contribution in [0.1, 0.15) is 12.5 Å². The van der Waals surface area contributed by atoms with Gasteiger partial charge in [0, 0.05) is 5.56 Å². The molecule has 0 fully saturated rings. The van der Waals surface area contributed by atoms with Crippen molar-refractivity contribution in [2.45, 2.75) is 6.92 Å². The van der Waals surface area contributed by atoms with E-state index in [1.807, 2.05) is 5.43 Å². The van der Waals surface area contributed by atoms with Crippen molar-refractivity contribution in [2.75, 3.05) is 0 Å². The Morgan fingerprint density at radius 3 is 2.67 bits per heavy atom. The molecule has 15 heavy (non-hydrogen) atoms. The number of carbonyl (C=O) groups is 1. The number of nitrogens with one attached hydrogen (secondary N) is 2. The third-order valence-corrected chi connectivity index (χ3v) is 1.72. The second-order valence-electron chi connectivity index (χ2n) is 2.77. The van der Waals surface area contributed by atoms with Crippen molar-refractivity contribution >= 4 is 11.7 Å². The first-order valence-electron chi connectivity index (χ1n) is 4.18. The number of benzene rings is 1. The van der Waals surface area contributed by atoms with E-state index in [0.29, 0.717) is 11.3 Å². The molecule has 0 aliphatic heterocycles. The molecule has 80 valence electrons. The largest absolute Gasteiger partial charge is 0.507 e. The summed E-state index contributed by atoms with van der Waals surface area (Å²) in [4.78, 5) is 10.6. The molecule has 4 N–H and O–H groups in total. The maximum Gasteiger partial charge on any atom is 0.358 e. The molecule has 0 aliphatic rings. The monoisotopic (exact) mass is 209 g/mol. The van der Waals surface area contributed by atoms with Crippen LogP contribution < -0.4 is 10.9 Å². The molecule has 0 aliphatic carbocycles. The number of para-hydroxylation sites is 1. The third-order valence-electron chi connectivity index (χ3n) is 1.72. The van der Waals surface area contributed by atoms with E-state index in [4.69, 9.17) is 5.21 Å². The first-order chi connectivity index (χ1) is 7.15. The van der Waals surface area contributed by atoms with Gasteiger partial charge in [0.15, 0.2) is 0 Å². The number of aromatic hydroxyl groups is 1. The Labute approximate surface area is 86.2 Å². The molecular weight excluding hydrogens is 198 g/mol. The number of hydroxylamine groups is 1. The number of phenolic OH excluding ortho intramolecular Hbond substituents is 1. The van der Waals surface area contributed by atoms with E-state index in [9.17, 15) is 9.90 Å². The van der Waals surface area contributed by atoms with Crippen molar-refractivity contribution in [1.82, 2.24) is 10.9 Å². The predicted octanol–water partition coefficient (Wildman–Crippen LogP) is 0.805. The van der Waals surface area contributed by atoms with E-state index < -0.39 is 6.03 Å². The molecule has 1 aromatic rings. The second-order valence-corrected chi connectivity index (χ2v) is 2.77. The number of hydrogen-bond acceptors (Lipinski definition) is 4. The molecule has 0 heterocycles. The lowest BCUT2D eigenvalue weighted by Gasteiger charge is -2.03. The number of nitrogens with zero attached hydrogens (tertiary/aromatic N) is 1. The van der Waals surface area contributed by atoms with Crippen molar-refractivity contribution in [3.05, 3.63) is 29.8 Å². The first-order valence-corrected chi connectivity index (χ1v) is 4.18. The Morgan fingerprint density at radius 1 is 1.40 bits per heavy atom. The molecule has 2 amide bonds. The lowest BCUT2D eigenvalue weighted by molar-refractivity contribution is 0.162. The maximum atomic E-state index is 10.6. The van der Waals surface area contributed by atoms with Gasteiger partial charge >= 0.3 is 6.03 Å². The van der Waals surface area contributed by atoms with Crippen molar-refractivity contribution in [2.24, 2.45) is 5.10 Å². The highest BCUT2D eigenvalue weighted by Crippen LogP contribution is 2.15. The van der Waals surface area contributed by atoms with Crippen molar-refractivity contribution < 1.29 is 15.1 Å². The van der Waals surface area contributed by atoms with Gasteiger partial charge in [0.25, 0.3) is 0 Å². The van der Waals surface area contributed by atoms with Crippen LogP contribution in [0.2, 0.25) is 0 Å². The quantitative estimate of drug-likeness (QED) is 0.330. The van der Waals surface area contributed by atoms with E-state index in [-0.39, 0.29) is 5.75 Å². The fourth-order valence-electron chi connectivity index (χ4n) is 0.999. The van der Waals surface area contributed by atoms with Crippen molar-refractivity contribution in [3.8, 4) is 5.75 Å². The Balaban J connectivity index is 2.80. The molecule has 0 unspecified atom stereocenters. The highest BCUT2D eigenvalue weighted by molar-refractivity contribution is 6.01.